The van der Waals surface area contributed by atoms with Crippen LogP contribution in [0.25, 0.3) is 5.52 Å². The predicted octanol–water partition coefficient (Wildman–Crippen LogP) is 0.991. The summed E-state index contributed by atoms with van der Waals surface area (Å²) in [4.78, 5) is -0.657. The Morgan fingerprint density at radius 3 is 2.38 bits per heavy atom. The molecule has 0 saturated carbocycles. The zero-order valence-corrected chi connectivity index (χ0v) is 9.59. The lowest BCUT2D eigenvalue weighted by Crippen LogP contribution is -2.68. The van der Waals surface area contributed by atoms with Gasteiger partial charge in [-0.25, -0.2) is 0 Å². The van der Waals surface area contributed by atoms with E-state index in [9.17, 15) is 0 Å². The van der Waals surface area contributed by atoms with Crippen LogP contribution in [0.4, 0.5) is 5.82 Å². The number of fused-ring (bicyclic) bond motifs is 1. The van der Waals surface area contributed by atoms with Crippen LogP contribution in [0.2, 0.25) is 0 Å². The Bertz CT molecular complexity index is 507. The van der Waals surface area contributed by atoms with E-state index >= 15 is 0 Å². The fourth-order valence-corrected chi connectivity index (χ4v) is 1.95. The van der Waals surface area contributed by atoms with E-state index in [1.54, 1.807) is 0 Å². The average molecular weight is 220 g/mol. The molecule has 0 saturated heterocycles. The highest BCUT2D eigenvalue weighted by molar-refractivity contribution is 5.62. The molecule has 6 N–H and O–H groups in total. The molecule has 0 bridgehead atoms. The summed E-state index contributed by atoms with van der Waals surface area (Å²) in [6.07, 6.45) is 1.91. The normalized spacial score (nSPS) is 12.6. The standard InChI is InChI=1S/C11H18N5/c1-8(2)9-4-3-7-15-10(9)5-6-11(15)16(12,13)14/h3-8H,12-14H2,1-2H3/q+1. The summed E-state index contributed by atoms with van der Waals surface area (Å²) in [5.74, 6) is 18.1. The fourth-order valence-electron chi connectivity index (χ4n) is 1.95. The van der Waals surface area contributed by atoms with E-state index in [1.165, 1.54) is 5.56 Å². The number of hydrogen-bond acceptors (Lipinski definition) is 3. The average Bonchev–Trinajstić information content (AvgIpc) is 2.59. The van der Waals surface area contributed by atoms with Crippen molar-refractivity contribution in [3.63, 3.8) is 0 Å². The van der Waals surface area contributed by atoms with Gasteiger partial charge in [0.05, 0.1) is 5.52 Å². The van der Waals surface area contributed by atoms with Crippen LogP contribution < -0.4 is 22.3 Å². The zero-order valence-electron chi connectivity index (χ0n) is 9.59. The summed E-state index contributed by atoms with van der Waals surface area (Å²) in [7, 11) is 0. The van der Waals surface area contributed by atoms with Gasteiger partial charge in [0.15, 0.2) is 0 Å². The predicted molar refractivity (Wildman–Crippen MR) is 65.8 cm³/mol. The van der Waals surface area contributed by atoms with Gasteiger partial charge in [0.25, 0.3) is 5.82 Å². The molecule has 0 fully saturated rings. The number of rotatable bonds is 2. The van der Waals surface area contributed by atoms with Gasteiger partial charge < -0.3 is 0 Å². The largest absolute Gasteiger partial charge is 0.271 e. The Balaban J connectivity index is 2.71. The molecule has 2 heterocycles. The van der Waals surface area contributed by atoms with Gasteiger partial charge >= 0.3 is 0 Å². The topological polar surface area (TPSA) is 82.5 Å². The van der Waals surface area contributed by atoms with Crippen molar-refractivity contribution in [3.8, 4) is 0 Å². The number of hydrogen-bond donors (Lipinski definition) is 3. The third-order valence-corrected chi connectivity index (χ3v) is 2.72. The van der Waals surface area contributed by atoms with Gasteiger partial charge in [-0.2, -0.15) is 0 Å². The first-order valence-corrected chi connectivity index (χ1v) is 5.26. The molecule has 0 aliphatic rings. The van der Waals surface area contributed by atoms with Crippen LogP contribution in [-0.2, 0) is 0 Å². The molecule has 0 aliphatic heterocycles. The van der Waals surface area contributed by atoms with Crippen molar-refractivity contribution in [2.75, 3.05) is 0 Å². The highest BCUT2D eigenvalue weighted by Gasteiger charge is 2.21. The molecule has 2 rings (SSSR count). The highest BCUT2D eigenvalue weighted by Crippen LogP contribution is 2.25. The summed E-state index contributed by atoms with van der Waals surface area (Å²) in [6, 6.07) is 7.91. The molecule has 0 unspecified atom stereocenters. The molecular formula is C11H18N5+. The van der Waals surface area contributed by atoms with E-state index in [2.05, 4.69) is 19.9 Å². The van der Waals surface area contributed by atoms with E-state index in [0.717, 1.165) is 5.52 Å². The first kappa shape index (κ1) is 11.1. The monoisotopic (exact) mass is 220 g/mol. The molecule has 2 aromatic heterocycles. The molecule has 16 heavy (non-hydrogen) atoms. The molecule has 5 heteroatoms. The molecule has 0 spiro atoms. The highest BCUT2D eigenvalue weighted by atomic mass is 15.9. The second-order valence-electron chi connectivity index (χ2n) is 4.40. The number of nitrogens with zero attached hydrogens (tertiary/aromatic N) is 2. The Morgan fingerprint density at radius 2 is 1.81 bits per heavy atom. The minimum atomic E-state index is -0.657. The lowest BCUT2D eigenvalue weighted by molar-refractivity contribution is 0.292. The summed E-state index contributed by atoms with van der Waals surface area (Å²) in [6.45, 7) is 4.30. The summed E-state index contributed by atoms with van der Waals surface area (Å²) in [5, 5.41) is 0. The lowest BCUT2D eigenvalue weighted by atomic mass is 10.0. The lowest BCUT2D eigenvalue weighted by Gasteiger charge is -2.18. The van der Waals surface area contributed by atoms with Crippen LogP contribution >= 0.6 is 0 Å². The van der Waals surface area contributed by atoms with Gasteiger partial charge in [0.1, 0.15) is 0 Å². The first-order chi connectivity index (χ1) is 7.41. The molecule has 0 radical (unpaired) electrons. The van der Waals surface area contributed by atoms with E-state index in [1.807, 2.05) is 28.8 Å². The quantitative estimate of drug-likeness (QED) is 0.401. The van der Waals surface area contributed by atoms with Gasteiger partial charge in [0, 0.05) is 12.3 Å². The van der Waals surface area contributed by atoms with Crippen LogP contribution in [0.15, 0.2) is 30.5 Å². The maximum absolute atomic E-state index is 5.67. The van der Waals surface area contributed by atoms with E-state index in [4.69, 9.17) is 17.5 Å². The number of pyridine rings is 1. The maximum Gasteiger partial charge on any atom is 0.271 e. The van der Waals surface area contributed by atoms with Crippen LogP contribution in [0, 0.1) is 0 Å². The molecule has 0 amide bonds. The third kappa shape index (κ3) is 1.70. The molecule has 0 aromatic carbocycles. The summed E-state index contributed by atoms with van der Waals surface area (Å²) in [5.41, 5.74) is 2.35. The van der Waals surface area contributed by atoms with E-state index < -0.39 is 4.81 Å². The van der Waals surface area contributed by atoms with Crippen molar-refractivity contribution >= 4 is 11.3 Å². The van der Waals surface area contributed by atoms with Crippen molar-refractivity contribution in [3.05, 3.63) is 36.0 Å². The van der Waals surface area contributed by atoms with Crippen LogP contribution in [0.3, 0.4) is 0 Å². The van der Waals surface area contributed by atoms with E-state index in [0.29, 0.717) is 11.7 Å². The Hall–Kier alpha value is -1.40. The second-order valence-corrected chi connectivity index (χ2v) is 4.40. The number of nitrogens with two attached hydrogens (primary N) is 3. The molecule has 2 aromatic rings. The minimum absolute atomic E-state index is 0.446. The Kier molecular flexibility index (Phi) is 2.47. The van der Waals surface area contributed by atoms with Crippen molar-refractivity contribution < 1.29 is 0 Å². The Morgan fingerprint density at radius 1 is 1.12 bits per heavy atom. The zero-order chi connectivity index (χ0) is 11.9. The Labute approximate surface area is 94.5 Å². The van der Waals surface area contributed by atoms with Gasteiger partial charge in [-0.3, -0.25) is 4.40 Å². The maximum atomic E-state index is 5.67. The minimum Gasteiger partial charge on any atom is -0.268 e. The van der Waals surface area contributed by atoms with Crippen molar-refractivity contribution in [2.45, 2.75) is 19.8 Å². The third-order valence-electron chi connectivity index (χ3n) is 2.72. The SMILES string of the molecule is CC(C)c1cccn2c([N+](N)(N)N)ccc12. The van der Waals surface area contributed by atoms with Crippen LogP contribution in [0.5, 0.6) is 0 Å². The molecular weight excluding hydrogens is 202 g/mol. The van der Waals surface area contributed by atoms with Gasteiger partial charge in [-0.05, 0) is 23.6 Å². The smallest absolute Gasteiger partial charge is 0.268 e. The summed E-state index contributed by atoms with van der Waals surface area (Å²) >= 11 is 0. The molecule has 0 aliphatic carbocycles. The number of aromatic nitrogens is 1. The van der Waals surface area contributed by atoms with Crippen LogP contribution in [-0.4, -0.2) is 4.40 Å². The van der Waals surface area contributed by atoms with Crippen molar-refractivity contribution in [1.29, 1.82) is 0 Å². The first-order valence-electron chi connectivity index (χ1n) is 5.26. The summed E-state index contributed by atoms with van der Waals surface area (Å²) < 4.78 is 1.93. The van der Waals surface area contributed by atoms with E-state index in [-0.39, 0.29) is 0 Å². The van der Waals surface area contributed by atoms with Gasteiger partial charge in [0.2, 0.25) is 0 Å². The fraction of sp³-hybridized carbons (Fsp3) is 0.273. The van der Waals surface area contributed by atoms with Crippen molar-refractivity contribution in [1.82, 2.24) is 9.21 Å². The number of quaternary nitrogens is 1. The van der Waals surface area contributed by atoms with Crippen LogP contribution in [0.1, 0.15) is 25.3 Å². The molecule has 86 valence electrons. The van der Waals surface area contributed by atoms with Gasteiger partial charge in [-0.15, -0.1) is 17.5 Å². The van der Waals surface area contributed by atoms with Crippen molar-refractivity contribution in [2.24, 2.45) is 17.5 Å². The molecule has 0 atom stereocenters. The van der Waals surface area contributed by atoms with Gasteiger partial charge in [-0.1, -0.05) is 24.7 Å². The molecule has 5 nitrogen and oxygen atoms in total. The second kappa shape index (κ2) is 3.57.